The van der Waals surface area contributed by atoms with Gasteiger partial charge in [-0.3, -0.25) is 9.59 Å². The second-order valence-corrected chi connectivity index (χ2v) is 7.63. The Bertz CT molecular complexity index is 965. The molecule has 1 aliphatic heterocycles. The van der Waals surface area contributed by atoms with Gasteiger partial charge >= 0.3 is 0 Å². The number of carbonyl (C=O) groups excluding carboxylic acids is 2. The molecule has 136 valence electrons. The van der Waals surface area contributed by atoms with E-state index in [-0.39, 0.29) is 27.3 Å². The van der Waals surface area contributed by atoms with Crippen LogP contribution in [0.2, 0.25) is 5.02 Å². The van der Waals surface area contributed by atoms with E-state index in [0.29, 0.717) is 11.3 Å². The van der Waals surface area contributed by atoms with Crippen molar-refractivity contribution in [1.29, 1.82) is 15.8 Å². The van der Waals surface area contributed by atoms with Crippen molar-refractivity contribution in [2.45, 2.75) is 13.8 Å². The first-order chi connectivity index (χ1) is 12.7. The quantitative estimate of drug-likeness (QED) is 0.800. The molecule has 0 saturated carbocycles. The van der Waals surface area contributed by atoms with Crippen LogP contribution in [0.1, 0.15) is 19.4 Å². The first kappa shape index (κ1) is 20.3. The number of thioether (sulfide) groups is 1. The Hall–Kier alpha value is -2.99. The van der Waals surface area contributed by atoms with Crippen molar-refractivity contribution in [2.75, 3.05) is 11.1 Å². The van der Waals surface area contributed by atoms with Gasteiger partial charge in [-0.05, 0) is 18.2 Å². The van der Waals surface area contributed by atoms with E-state index in [1.807, 2.05) is 18.2 Å². The van der Waals surface area contributed by atoms with E-state index in [2.05, 4.69) is 10.6 Å². The molecule has 2 amide bonds. The van der Waals surface area contributed by atoms with Crippen molar-refractivity contribution >= 4 is 40.9 Å². The molecule has 1 aromatic rings. The monoisotopic (exact) mass is 399 g/mol. The Labute approximate surface area is 165 Å². The second kappa shape index (κ2) is 8.14. The van der Waals surface area contributed by atoms with Crippen molar-refractivity contribution in [3.63, 3.8) is 0 Å². The number of nitrogens with zero attached hydrogens (tertiary/aromatic N) is 3. The van der Waals surface area contributed by atoms with E-state index in [4.69, 9.17) is 16.9 Å². The van der Waals surface area contributed by atoms with Crippen LogP contribution in [-0.2, 0) is 9.59 Å². The third kappa shape index (κ3) is 4.23. The van der Waals surface area contributed by atoms with E-state index in [0.717, 1.165) is 11.8 Å². The van der Waals surface area contributed by atoms with Gasteiger partial charge in [0, 0.05) is 11.1 Å². The number of benzene rings is 1. The number of nitriles is 3. The number of halogens is 1. The van der Waals surface area contributed by atoms with Crippen molar-refractivity contribution in [3.8, 4) is 18.2 Å². The molecule has 0 fully saturated rings. The SMILES string of the molecule is CC1(C)C(C#N)=C(SCC(=O)Nc2ccc(C#N)c(Cl)c2)NC(=O)[C@H]1C#N. The average Bonchev–Trinajstić information content (AvgIpc) is 2.59. The van der Waals surface area contributed by atoms with Gasteiger partial charge in [0.1, 0.15) is 12.0 Å². The van der Waals surface area contributed by atoms with Crippen LogP contribution in [0.15, 0.2) is 28.8 Å². The molecule has 1 heterocycles. The maximum atomic E-state index is 12.2. The first-order valence-electron chi connectivity index (χ1n) is 7.72. The highest BCUT2D eigenvalue weighted by molar-refractivity contribution is 8.03. The van der Waals surface area contributed by atoms with E-state index >= 15 is 0 Å². The summed E-state index contributed by atoms with van der Waals surface area (Å²) in [6.07, 6.45) is 0. The lowest BCUT2D eigenvalue weighted by molar-refractivity contribution is -0.125. The van der Waals surface area contributed by atoms with Gasteiger partial charge in [0.25, 0.3) is 0 Å². The molecule has 9 heteroatoms. The topological polar surface area (TPSA) is 130 Å². The maximum Gasteiger partial charge on any atom is 0.243 e. The molecular formula is C18H14ClN5O2S. The van der Waals surface area contributed by atoms with E-state index < -0.39 is 17.2 Å². The molecule has 27 heavy (non-hydrogen) atoms. The number of rotatable bonds is 4. The number of nitrogens with one attached hydrogen (secondary N) is 2. The predicted octanol–water partition coefficient (Wildman–Crippen LogP) is 2.91. The Morgan fingerprint density at radius 2 is 2.04 bits per heavy atom. The zero-order chi connectivity index (χ0) is 20.2. The Balaban J connectivity index is 2.12. The molecule has 0 radical (unpaired) electrons. The Morgan fingerprint density at radius 3 is 2.59 bits per heavy atom. The van der Waals surface area contributed by atoms with E-state index in [1.54, 1.807) is 19.9 Å². The van der Waals surface area contributed by atoms with Crippen LogP contribution in [-0.4, -0.2) is 17.6 Å². The van der Waals surface area contributed by atoms with Crippen molar-refractivity contribution in [3.05, 3.63) is 39.4 Å². The number of amides is 2. The van der Waals surface area contributed by atoms with Crippen LogP contribution in [0.4, 0.5) is 5.69 Å². The van der Waals surface area contributed by atoms with Crippen LogP contribution < -0.4 is 10.6 Å². The number of hydrogen-bond acceptors (Lipinski definition) is 6. The molecule has 2 N–H and O–H groups in total. The van der Waals surface area contributed by atoms with Crippen LogP contribution in [0.3, 0.4) is 0 Å². The third-order valence-electron chi connectivity index (χ3n) is 4.05. The van der Waals surface area contributed by atoms with Gasteiger partial charge in [-0.15, -0.1) is 0 Å². The summed E-state index contributed by atoms with van der Waals surface area (Å²) in [7, 11) is 0. The van der Waals surface area contributed by atoms with Gasteiger partial charge in [0.2, 0.25) is 11.8 Å². The van der Waals surface area contributed by atoms with Gasteiger partial charge in [-0.2, -0.15) is 15.8 Å². The average molecular weight is 400 g/mol. The van der Waals surface area contributed by atoms with E-state index in [9.17, 15) is 20.1 Å². The van der Waals surface area contributed by atoms with Crippen LogP contribution in [0.5, 0.6) is 0 Å². The molecular weight excluding hydrogens is 386 g/mol. The molecule has 0 spiro atoms. The number of allylic oxidation sites excluding steroid dienone is 1. The highest BCUT2D eigenvalue weighted by Gasteiger charge is 2.44. The van der Waals surface area contributed by atoms with Gasteiger partial charge in [0.15, 0.2) is 0 Å². The van der Waals surface area contributed by atoms with Gasteiger partial charge in [-0.25, -0.2) is 0 Å². The number of anilines is 1. The molecule has 0 aliphatic carbocycles. The zero-order valence-corrected chi connectivity index (χ0v) is 16.0. The Morgan fingerprint density at radius 1 is 1.33 bits per heavy atom. The highest BCUT2D eigenvalue weighted by Crippen LogP contribution is 2.41. The lowest BCUT2D eigenvalue weighted by Crippen LogP contribution is -2.44. The third-order valence-corrected chi connectivity index (χ3v) is 5.37. The zero-order valence-electron chi connectivity index (χ0n) is 14.5. The van der Waals surface area contributed by atoms with Gasteiger partial charge in [-0.1, -0.05) is 37.2 Å². The molecule has 2 rings (SSSR count). The van der Waals surface area contributed by atoms with Crippen molar-refractivity contribution in [2.24, 2.45) is 11.3 Å². The minimum Gasteiger partial charge on any atom is -0.325 e. The van der Waals surface area contributed by atoms with Crippen molar-refractivity contribution < 1.29 is 9.59 Å². The molecule has 7 nitrogen and oxygen atoms in total. The summed E-state index contributed by atoms with van der Waals surface area (Å²) in [4.78, 5) is 24.3. The minimum atomic E-state index is -0.980. The first-order valence-corrected chi connectivity index (χ1v) is 9.08. The van der Waals surface area contributed by atoms with Crippen LogP contribution in [0.25, 0.3) is 0 Å². The summed E-state index contributed by atoms with van der Waals surface area (Å²) in [5.41, 5.74) is 0.0298. The number of hydrogen-bond donors (Lipinski definition) is 2. The second-order valence-electron chi connectivity index (χ2n) is 6.23. The summed E-state index contributed by atoms with van der Waals surface area (Å²) >= 11 is 6.93. The maximum absolute atomic E-state index is 12.2. The molecule has 1 aromatic carbocycles. The Kier molecular flexibility index (Phi) is 6.13. The van der Waals surface area contributed by atoms with Crippen molar-refractivity contribution in [1.82, 2.24) is 5.32 Å². The highest BCUT2D eigenvalue weighted by atomic mass is 35.5. The van der Waals surface area contributed by atoms with Crippen LogP contribution in [0, 0.1) is 45.3 Å². The molecule has 0 saturated heterocycles. The largest absolute Gasteiger partial charge is 0.325 e. The van der Waals surface area contributed by atoms with E-state index in [1.165, 1.54) is 12.1 Å². The fraction of sp³-hybridized carbons (Fsp3) is 0.278. The lowest BCUT2D eigenvalue weighted by Gasteiger charge is -2.34. The molecule has 0 bridgehead atoms. The van der Waals surface area contributed by atoms with Crippen LogP contribution >= 0.6 is 23.4 Å². The standard InChI is InChI=1S/C18H14ClN5O2S/c1-18(2)12(7-21)16(26)24-17(13(18)8-22)27-9-15(25)23-11-4-3-10(6-20)14(19)5-11/h3-5,12H,9H2,1-2H3,(H,23,25)(H,24,26)/t12-/m1/s1. The molecule has 0 aromatic heterocycles. The summed E-state index contributed by atoms with van der Waals surface area (Å²) in [5.74, 6) is -1.92. The summed E-state index contributed by atoms with van der Waals surface area (Å²) in [6, 6.07) is 10.4. The van der Waals surface area contributed by atoms with Gasteiger partial charge < -0.3 is 10.6 Å². The lowest BCUT2D eigenvalue weighted by atomic mass is 9.72. The molecule has 1 aliphatic rings. The predicted molar refractivity (Wildman–Crippen MR) is 101 cm³/mol. The number of carbonyl (C=O) groups is 2. The summed E-state index contributed by atoms with van der Waals surface area (Å²) in [6.45, 7) is 3.30. The molecule has 1 atom stereocenters. The summed E-state index contributed by atoms with van der Waals surface area (Å²) in [5, 5.41) is 33.2. The normalized spacial score (nSPS) is 17.9. The fourth-order valence-electron chi connectivity index (χ4n) is 2.55. The van der Waals surface area contributed by atoms with Gasteiger partial charge in [0.05, 0.1) is 39.1 Å². The molecule has 0 unspecified atom stereocenters. The smallest absolute Gasteiger partial charge is 0.243 e. The summed E-state index contributed by atoms with van der Waals surface area (Å²) < 4.78 is 0. The minimum absolute atomic E-state index is 0.0638. The fourth-order valence-corrected chi connectivity index (χ4v) is 3.75.